The van der Waals surface area contributed by atoms with Gasteiger partial charge in [0, 0.05) is 26.7 Å². The van der Waals surface area contributed by atoms with Gasteiger partial charge in [0.2, 0.25) is 0 Å². The lowest BCUT2D eigenvalue weighted by molar-refractivity contribution is -0.150. The fourth-order valence-electron chi connectivity index (χ4n) is 1.99. The number of hydrogen-bond acceptors (Lipinski definition) is 5. The third-order valence-corrected chi connectivity index (χ3v) is 3.19. The van der Waals surface area contributed by atoms with Crippen LogP contribution in [0.2, 0.25) is 0 Å². The summed E-state index contributed by atoms with van der Waals surface area (Å²) in [6.07, 6.45) is 0. The van der Waals surface area contributed by atoms with Gasteiger partial charge < -0.3 is 14.6 Å². The van der Waals surface area contributed by atoms with Crippen molar-refractivity contribution in [2.24, 2.45) is 5.92 Å². The van der Waals surface area contributed by atoms with Gasteiger partial charge in [-0.05, 0) is 5.56 Å². The van der Waals surface area contributed by atoms with E-state index in [4.69, 9.17) is 14.6 Å². The van der Waals surface area contributed by atoms with Gasteiger partial charge in [-0.3, -0.25) is 9.69 Å². The largest absolute Gasteiger partial charge is 0.461 e. The topological polar surface area (TPSA) is 59.0 Å². The van der Waals surface area contributed by atoms with Gasteiger partial charge in [-0.2, -0.15) is 0 Å². The van der Waals surface area contributed by atoms with Crippen molar-refractivity contribution in [1.82, 2.24) is 4.90 Å². The molecule has 1 aromatic rings. The van der Waals surface area contributed by atoms with Crippen molar-refractivity contribution in [3.05, 3.63) is 35.9 Å². The van der Waals surface area contributed by atoms with Crippen LogP contribution in [-0.2, 0) is 20.9 Å². The summed E-state index contributed by atoms with van der Waals surface area (Å²) in [4.78, 5) is 14.0. The molecule has 118 valence electrons. The number of methoxy groups -OCH3 is 1. The average Bonchev–Trinajstić information content (AvgIpc) is 2.51. The summed E-state index contributed by atoms with van der Waals surface area (Å²) in [6.45, 7) is 4.54. The lowest BCUT2D eigenvalue weighted by Gasteiger charge is -2.23. The van der Waals surface area contributed by atoms with Crippen LogP contribution in [0, 0.1) is 5.92 Å². The summed E-state index contributed by atoms with van der Waals surface area (Å²) < 4.78 is 10.3. The molecule has 0 saturated heterocycles. The molecule has 1 atom stereocenters. The molecule has 0 aliphatic carbocycles. The van der Waals surface area contributed by atoms with E-state index in [1.165, 1.54) is 0 Å². The van der Waals surface area contributed by atoms with Crippen LogP contribution >= 0.6 is 0 Å². The zero-order valence-corrected chi connectivity index (χ0v) is 12.8. The maximum atomic E-state index is 12.0. The van der Waals surface area contributed by atoms with Gasteiger partial charge in [-0.25, -0.2) is 0 Å². The minimum absolute atomic E-state index is 0.0650. The van der Waals surface area contributed by atoms with Crippen molar-refractivity contribution in [2.45, 2.75) is 13.5 Å². The molecule has 1 aromatic carbocycles. The van der Waals surface area contributed by atoms with E-state index in [2.05, 4.69) is 0 Å². The first-order valence-corrected chi connectivity index (χ1v) is 7.20. The maximum Gasteiger partial charge on any atom is 0.310 e. The van der Waals surface area contributed by atoms with Gasteiger partial charge in [-0.15, -0.1) is 0 Å². The third-order valence-electron chi connectivity index (χ3n) is 3.19. The Balaban J connectivity index is 2.37. The number of ether oxygens (including phenoxy) is 2. The molecular weight excluding hydrogens is 270 g/mol. The zero-order valence-electron chi connectivity index (χ0n) is 12.8. The van der Waals surface area contributed by atoms with Crippen molar-refractivity contribution in [3.8, 4) is 0 Å². The van der Waals surface area contributed by atoms with E-state index in [1.807, 2.05) is 42.2 Å². The molecule has 0 aliphatic heterocycles. The number of hydrogen-bond donors (Lipinski definition) is 1. The fraction of sp³-hybridized carbons (Fsp3) is 0.562. The number of carbonyl (C=O) groups is 1. The number of rotatable bonds is 10. The van der Waals surface area contributed by atoms with E-state index in [0.29, 0.717) is 32.8 Å². The molecule has 1 unspecified atom stereocenters. The molecule has 21 heavy (non-hydrogen) atoms. The molecule has 0 fully saturated rings. The van der Waals surface area contributed by atoms with E-state index < -0.39 is 0 Å². The van der Waals surface area contributed by atoms with Crippen LogP contribution in [0.25, 0.3) is 0 Å². The smallest absolute Gasteiger partial charge is 0.310 e. The van der Waals surface area contributed by atoms with Crippen molar-refractivity contribution in [2.75, 3.05) is 40.0 Å². The number of carbonyl (C=O) groups excluding carboxylic acids is 1. The summed E-state index contributed by atoms with van der Waals surface area (Å²) in [6, 6.07) is 9.61. The standard InChI is InChI=1S/C16H25NO4/c1-14(12-17(8-10-18)9-11-20-2)16(19)21-13-15-6-4-3-5-7-15/h3-7,14,18H,8-13H2,1-2H3. The van der Waals surface area contributed by atoms with Gasteiger partial charge in [0.25, 0.3) is 0 Å². The molecule has 1 rings (SSSR count). The minimum Gasteiger partial charge on any atom is -0.461 e. The van der Waals surface area contributed by atoms with E-state index in [0.717, 1.165) is 5.56 Å². The highest BCUT2D eigenvalue weighted by Gasteiger charge is 2.18. The Labute approximate surface area is 126 Å². The van der Waals surface area contributed by atoms with E-state index in [1.54, 1.807) is 7.11 Å². The van der Waals surface area contributed by atoms with Crippen LogP contribution in [0.5, 0.6) is 0 Å². The minimum atomic E-state index is -0.239. The molecule has 0 aromatic heterocycles. The first kappa shape index (κ1) is 17.6. The number of aliphatic hydroxyl groups excluding tert-OH is 1. The first-order chi connectivity index (χ1) is 10.2. The molecular formula is C16H25NO4. The van der Waals surface area contributed by atoms with Gasteiger partial charge in [0.1, 0.15) is 6.61 Å². The molecule has 0 bridgehead atoms. The summed E-state index contributed by atoms with van der Waals surface area (Å²) in [5.41, 5.74) is 0.977. The molecule has 5 nitrogen and oxygen atoms in total. The van der Waals surface area contributed by atoms with Crippen LogP contribution in [-0.4, -0.2) is 55.9 Å². The lowest BCUT2D eigenvalue weighted by Crippen LogP contribution is -2.36. The predicted molar refractivity (Wildman–Crippen MR) is 80.8 cm³/mol. The van der Waals surface area contributed by atoms with Crippen molar-refractivity contribution >= 4 is 5.97 Å². The number of nitrogens with zero attached hydrogens (tertiary/aromatic N) is 1. The predicted octanol–water partition coefficient (Wildman–Crippen LogP) is 1.31. The molecule has 0 radical (unpaired) electrons. The molecule has 0 amide bonds. The first-order valence-electron chi connectivity index (χ1n) is 7.20. The van der Waals surface area contributed by atoms with Gasteiger partial charge >= 0.3 is 5.97 Å². The fourth-order valence-corrected chi connectivity index (χ4v) is 1.99. The Morgan fingerprint density at radius 1 is 1.29 bits per heavy atom. The molecule has 5 heteroatoms. The number of esters is 1. The quantitative estimate of drug-likeness (QED) is 0.660. The van der Waals surface area contributed by atoms with Crippen LogP contribution in [0.15, 0.2) is 30.3 Å². The Hall–Kier alpha value is -1.43. The number of aliphatic hydroxyl groups is 1. The second kappa shape index (κ2) is 10.3. The molecule has 0 heterocycles. The number of benzene rings is 1. The summed E-state index contributed by atoms with van der Waals surface area (Å²) in [7, 11) is 1.63. The van der Waals surface area contributed by atoms with Crippen molar-refractivity contribution < 1.29 is 19.4 Å². The monoisotopic (exact) mass is 295 g/mol. The third kappa shape index (κ3) is 7.22. The summed E-state index contributed by atoms with van der Waals surface area (Å²) in [5, 5.41) is 9.04. The molecule has 1 N–H and O–H groups in total. The van der Waals surface area contributed by atoms with Crippen molar-refractivity contribution in [1.29, 1.82) is 0 Å². The van der Waals surface area contributed by atoms with E-state index in [9.17, 15) is 4.79 Å². The molecule has 0 aliphatic rings. The average molecular weight is 295 g/mol. The van der Waals surface area contributed by atoms with E-state index in [-0.39, 0.29) is 18.5 Å². The summed E-state index contributed by atoms with van der Waals surface area (Å²) in [5.74, 6) is -0.462. The van der Waals surface area contributed by atoms with Gasteiger partial charge in [0.15, 0.2) is 0 Å². The lowest BCUT2D eigenvalue weighted by atomic mass is 10.1. The second-order valence-electron chi connectivity index (χ2n) is 5.01. The van der Waals surface area contributed by atoms with Gasteiger partial charge in [0.05, 0.1) is 19.1 Å². The molecule has 0 saturated carbocycles. The molecule has 0 spiro atoms. The Bertz CT molecular complexity index is 397. The van der Waals surface area contributed by atoms with E-state index >= 15 is 0 Å². The Kier molecular flexibility index (Phi) is 8.66. The summed E-state index contributed by atoms with van der Waals surface area (Å²) >= 11 is 0. The van der Waals surface area contributed by atoms with Crippen LogP contribution in [0.3, 0.4) is 0 Å². The van der Waals surface area contributed by atoms with Gasteiger partial charge in [-0.1, -0.05) is 37.3 Å². The maximum absolute atomic E-state index is 12.0. The zero-order chi connectivity index (χ0) is 15.5. The normalized spacial score (nSPS) is 12.4. The highest BCUT2D eigenvalue weighted by molar-refractivity contribution is 5.72. The van der Waals surface area contributed by atoms with Crippen LogP contribution in [0.1, 0.15) is 12.5 Å². The Morgan fingerprint density at radius 2 is 2.00 bits per heavy atom. The highest BCUT2D eigenvalue weighted by Crippen LogP contribution is 2.06. The van der Waals surface area contributed by atoms with Crippen molar-refractivity contribution in [3.63, 3.8) is 0 Å². The highest BCUT2D eigenvalue weighted by atomic mass is 16.5. The second-order valence-corrected chi connectivity index (χ2v) is 5.01. The SMILES string of the molecule is COCCN(CCO)CC(C)C(=O)OCc1ccccc1. The Morgan fingerprint density at radius 3 is 2.62 bits per heavy atom. The van der Waals surface area contributed by atoms with Crippen LogP contribution < -0.4 is 0 Å². The van der Waals surface area contributed by atoms with Crippen LogP contribution in [0.4, 0.5) is 0 Å².